The predicted molar refractivity (Wildman–Crippen MR) is 72.4 cm³/mol. The number of aromatic nitrogens is 2. The summed E-state index contributed by atoms with van der Waals surface area (Å²) in [6.07, 6.45) is 1.51. The molecule has 1 atom stereocenters. The topological polar surface area (TPSA) is 72.8 Å². The number of halogens is 3. The molecule has 0 bridgehead atoms. The highest BCUT2D eigenvalue weighted by Gasteiger charge is 2.32. The van der Waals surface area contributed by atoms with E-state index < -0.39 is 23.4 Å². The number of benzene rings is 1. The fourth-order valence-corrected chi connectivity index (χ4v) is 2.64. The Hall–Kier alpha value is -2.82. The number of imidazole rings is 1. The van der Waals surface area contributed by atoms with E-state index in [9.17, 15) is 18.0 Å². The molecule has 8 heteroatoms. The number of likely N-dealkylation sites (tertiary alicyclic amines) is 1. The number of nitriles is 1. The minimum atomic E-state index is -1.52. The van der Waals surface area contributed by atoms with E-state index in [1.165, 1.54) is 11.1 Å². The maximum Gasteiger partial charge on any atom is 0.223 e. The third-order valence-electron chi connectivity index (χ3n) is 3.78. The minimum Gasteiger partial charge on any atom is -0.346 e. The number of amides is 1. The van der Waals surface area contributed by atoms with E-state index >= 15 is 0 Å². The van der Waals surface area contributed by atoms with Gasteiger partial charge in [0.15, 0.2) is 23.1 Å². The van der Waals surface area contributed by atoms with Crippen LogP contribution in [0.15, 0.2) is 18.3 Å². The molecule has 3 rings (SSSR count). The fourth-order valence-electron chi connectivity index (χ4n) is 2.64. The van der Waals surface area contributed by atoms with E-state index in [0.717, 1.165) is 12.1 Å². The van der Waals surface area contributed by atoms with Crippen molar-refractivity contribution in [2.24, 2.45) is 0 Å². The van der Waals surface area contributed by atoms with Gasteiger partial charge in [-0.05, 0) is 17.7 Å². The van der Waals surface area contributed by atoms with E-state index in [1.54, 1.807) is 0 Å². The predicted octanol–water partition coefficient (Wildman–Crippen LogP) is 2.21. The van der Waals surface area contributed by atoms with E-state index in [-0.39, 0.29) is 36.7 Å². The van der Waals surface area contributed by atoms with Gasteiger partial charge in [0, 0.05) is 25.1 Å². The van der Waals surface area contributed by atoms with Gasteiger partial charge >= 0.3 is 0 Å². The Morgan fingerprint density at radius 3 is 2.65 bits per heavy atom. The molecule has 2 heterocycles. The first-order valence-electron chi connectivity index (χ1n) is 6.84. The Bertz CT molecular complexity index is 788. The third-order valence-corrected chi connectivity index (χ3v) is 3.78. The van der Waals surface area contributed by atoms with Crippen molar-refractivity contribution in [1.82, 2.24) is 14.9 Å². The van der Waals surface area contributed by atoms with Gasteiger partial charge in [-0.1, -0.05) is 0 Å². The quantitative estimate of drug-likeness (QED) is 0.881. The number of hydrogen-bond donors (Lipinski definition) is 1. The highest BCUT2D eigenvalue weighted by molar-refractivity contribution is 5.79. The number of carbonyl (C=O) groups is 1. The van der Waals surface area contributed by atoms with Crippen LogP contribution < -0.4 is 0 Å². The normalized spacial score (nSPS) is 17.6. The molecule has 2 aromatic rings. The van der Waals surface area contributed by atoms with Gasteiger partial charge in [0.1, 0.15) is 11.9 Å². The van der Waals surface area contributed by atoms with Crippen molar-refractivity contribution >= 4 is 5.91 Å². The lowest BCUT2D eigenvalue weighted by atomic mass is 9.98. The van der Waals surface area contributed by atoms with Crippen molar-refractivity contribution in [2.75, 3.05) is 6.54 Å². The van der Waals surface area contributed by atoms with Gasteiger partial charge in [-0.15, -0.1) is 0 Å². The molecular weight excluding hydrogens is 309 g/mol. The second kappa shape index (κ2) is 5.76. The molecule has 1 aliphatic rings. The largest absolute Gasteiger partial charge is 0.346 e. The summed E-state index contributed by atoms with van der Waals surface area (Å²) in [4.78, 5) is 20.3. The number of H-pyrrole nitrogens is 1. The van der Waals surface area contributed by atoms with Gasteiger partial charge in [-0.25, -0.2) is 18.2 Å². The van der Waals surface area contributed by atoms with Crippen LogP contribution in [0.25, 0.3) is 0 Å². The average molecular weight is 320 g/mol. The summed E-state index contributed by atoms with van der Waals surface area (Å²) in [6, 6.07) is 3.71. The van der Waals surface area contributed by atoms with Gasteiger partial charge in [0.05, 0.1) is 6.54 Å². The van der Waals surface area contributed by atoms with Crippen LogP contribution in [-0.2, 0) is 11.3 Å². The Morgan fingerprint density at radius 1 is 1.35 bits per heavy atom. The Labute approximate surface area is 129 Å². The molecule has 0 spiro atoms. The SMILES string of the molecule is N#Cc1c[nH]c(CN2CC(c3cc(F)c(F)c(F)c3)CC2=O)n1. The summed E-state index contributed by atoms with van der Waals surface area (Å²) in [7, 11) is 0. The number of nitrogens with zero attached hydrogens (tertiary/aromatic N) is 3. The number of carbonyl (C=O) groups excluding carboxylic acids is 1. The second-order valence-corrected chi connectivity index (χ2v) is 5.32. The van der Waals surface area contributed by atoms with Crippen LogP contribution in [0.3, 0.4) is 0 Å². The van der Waals surface area contributed by atoms with Crippen LogP contribution in [0.1, 0.15) is 29.4 Å². The molecular formula is C15H11F3N4O. The number of nitrogens with one attached hydrogen (secondary N) is 1. The van der Waals surface area contributed by atoms with Crippen molar-refractivity contribution in [3.63, 3.8) is 0 Å². The van der Waals surface area contributed by atoms with Crippen molar-refractivity contribution in [3.8, 4) is 6.07 Å². The smallest absolute Gasteiger partial charge is 0.223 e. The molecule has 1 aliphatic heterocycles. The standard InChI is InChI=1S/C15H11F3N4O/c16-11-1-8(2-12(17)15(11)18)9-3-14(23)22(6-9)7-13-20-5-10(4-19)21-13/h1-2,5,9H,3,6-7H2,(H,20,21). The van der Waals surface area contributed by atoms with E-state index in [2.05, 4.69) is 9.97 Å². The van der Waals surface area contributed by atoms with Crippen LogP contribution in [-0.4, -0.2) is 27.3 Å². The molecule has 5 nitrogen and oxygen atoms in total. The zero-order chi connectivity index (χ0) is 16.6. The molecule has 0 aliphatic carbocycles. The van der Waals surface area contributed by atoms with Gasteiger partial charge in [-0.2, -0.15) is 5.26 Å². The van der Waals surface area contributed by atoms with E-state index in [0.29, 0.717) is 5.82 Å². The molecule has 1 N–H and O–H groups in total. The highest BCUT2D eigenvalue weighted by atomic mass is 19.2. The lowest BCUT2D eigenvalue weighted by Gasteiger charge is -2.15. The minimum absolute atomic E-state index is 0.0797. The van der Waals surface area contributed by atoms with Gasteiger partial charge in [0.2, 0.25) is 5.91 Å². The summed E-state index contributed by atoms with van der Waals surface area (Å²) in [6.45, 7) is 0.412. The molecule has 1 unspecified atom stereocenters. The second-order valence-electron chi connectivity index (χ2n) is 5.32. The summed E-state index contributed by atoms with van der Waals surface area (Å²) < 4.78 is 39.6. The lowest BCUT2D eigenvalue weighted by molar-refractivity contribution is -0.128. The first-order chi connectivity index (χ1) is 11.0. The van der Waals surface area contributed by atoms with Crippen LogP contribution in [0.4, 0.5) is 13.2 Å². The molecule has 1 aromatic carbocycles. The van der Waals surface area contributed by atoms with E-state index in [4.69, 9.17) is 5.26 Å². The Kier molecular flexibility index (Phi) is 3.78. The Morgan fingerprint density at radius 2 is 2.04 bits per heavy atom. The lowest BCUT2D eigenvalue weighted by Crippen LogP contribution is -2.25. The molecule has 1 fully saturated rings. The number of aromatic amines is 1. The zero-order valence-corrected chi connectivity index (χ0v) is 11.8. The molecule has 118 valence electrons. The fraction of sp³-hybridized carbons (Fsp3) is 0.267. The molecule has 0 saturated carbocycles. The maximum atomic E-state index is 13.3. The molecule has 0 radical (unpaired) electrons. The average Bonchev–Trinajstić information content (AvgIpc) is 3.12. The van der Waals surface area contributed by atoms with Crippen molar-refractivity contribution in [1.29, 1.82) is 5.26 Å². The van der Waals surface area contributed by atoms with Crippen LogP contribution in [0.5, 0.6) is 0 Å². The number of rotatable bonds is 3. The Balaban J connectivity index is 1.76. The summed E-state index contributed by atoms with van der Waals surface area (Å²) in [5.41, 5.74) is 0.459. The van der Waals surface area contributed by atoms with Crippen LogP contribution in [0, 0.1) is 28.8 Å². The van der Waals surface area contributed by atoms with Crippen molar-refractivity contribution in [2.45, 2.75) is 18.9 Å². The zero-order valence-electron chi connectivity index (χ0n) is 11.8. The third kappa shape index (κ3) is 2.90. The maximum absolute atomic E-state index is 13.3. The van der Waals surface area contributed by atoms with Crippen molar-refractivity contribution < 1.29 is 18.0 Å². The molecule has 1 saturated heterocycles. The van der Waals surface area contributed by atoms with Gasteiger partial charge in [-0.3, -0.25) is 4.79 Å². The molecule has 23 heavy (non-hydrogen) atoms. The first kappa shape index (κ1) is 15.1. The molecule has 1 aromatic heterocycles. The van der Waals surface area contributed by atoms with Gasteiger partial charge < -0.3 is 9.88 Å². The van der Waals surface area contributed by atoms with Crippen molar-refractivity contribution in [3.05, 3.63) is 52.9 Å². The summed E-state index contributed by atoms with van der Waals surface area (Å²) in [5.74, 6) is -4.22. The monoisotopic (exact) mass is 320 g/mol. The summed E-state index contributed by atoms with van der Waals surface area (Å²) >= 11 is 0. The van der Waals surface area contributed by atoms with Crippen LogP contribution in [0.2, 0.25) is 0 Å². The summed E-state index contributed by atoms with van der Waals surface area (Å²) in [5, 5.41) is 8.71. The van der Waals surface area contributed by atoms with Gasteiger partial charge in [0.25, 0.3) is 0 Å². The molecule has 1 amide bonds. The first-order valence-corrected chi connectivity index (χ1v) is 6.84. The van der Waals surface area contributed by atoms with Crippen LogP contribution >= 0.6 is 0 Å². The number of hydrogen-bond acceptors (Lipinski definition) is 3. The highest BCUT2D eigenvalue weighted by Crippen LogP contribution is 2.30. The van der Waals surface area contributed by atoms with E-state index in [1.807, 2.05) is 6.07 Å².